The molecule has 2 aliphatic heterocycles. The molecule has 0 unspecified atom stereocenters. The average Bonchev–Trinajstić information content (AvgIpc) is 3.72. The van der Waals surface area contributed by atoms with E-state index in [1.54, 1.807) is 0 Å². The van der Waals surface area contributed by atoms with Crippen LogP contribution in [0.15, 0.2) is 168 Å². The number of nitrogens with zero attached hydrogens (tertiary/aromatic N) is 2. The number of hydrogen-bond acceptors (Lipinski definition) is 3. The van der Waals surface area contributed by atoms with Gasteiger partial charge in [-0.25, -0.2) is 0 Å². The molecule has 70 heavy (non-hydrogen) atoms. The van der Waals surface area contributed by atoms with Crippen molar-refractivity contribution in [3.05, 3.63) is 208 Å². The van der Waals surface area contributed by atoms with Crippen molar-refractivity contribution < 1.29 is 4.42 Å². The van der Waals surface area contributed by atoms with Crippen molar-refractivity contribution >= 4 is 79.2 Å². The Morgan fingerprint density at radius 3 is 1.57 bits per heavy atom. The Hall–Kier alpha value is -6.78. The van der Waals surface area contributed by atoms with E-state index in [0.717, 1.165) is 40.5 Å². The molecular formula is C66H63BN2O. The van der Waals surface area contributed by atoms with Gasteiger partial charge in [-0.3, -0.25) is 0 Å². The number of furan rings is 1. The second-order valence-electron chi connectivity index (χ2n) is 23.9. The molecule has 4 heteroatoms. The summed E-state index contributed by atoms with van der Waals surface area (Å²) in [6.45, 7) is 22.0. The molecule has 2 aliphatic carbocycles. The van der Waals surface area contributed by atoms with Gasteiger partial charge in [0.1, 0.15) is 11.2 Å². The Kier molecular flexibility index (Phi) is 9.34. The quantitative estimate of drug-likeness (QED) is 0.127. The van der Waals surface area contributed by atoms with Gasteiger partial charge < -0.3 is 14.2 Å². The highest BCUT2D eigenvalue weighted by Gasteiger charge is 2.47. The maximum Gasteiger partial charge on any atom is 0.252 e. The van der Waals surface area contributed by atoms with Crippen LogP contribution in [0.25, 0.3) is 21.9 Å². The van der Waals surface area contributed by atoms with Crippen LogP contribution in [0, 0.1) is 6.92 Å². The standard InChI is InChI=1S/C66H63BN2O/c1-41-34-57-62-58(35-41)69(46-25-27-49-50(38-46)64(4,5)31-30-63(49,2)3)56-40-52-51(65(6,7)32-33-66(52,8)9)39-54(56)67(62)53-28-24-44(61(42-18-12-10-13-19-42)43-20-14-11-15-21-43)36-55(53)68(57)45-26-29-60-48(37-45)47-22-16-17-23-59(47)70-60/h10-29,34-40,61H,30-33H2,1-9H3. The molecule has 0 saturated carbocycles. The lowest BCUT2D eigenvalue weighted by molar-refractivity contribution is 0.332. The first kappa shape index (κ1) is 43.3. The lowest BCUT2D eigenvalue weighted by Crippen LogP contribution is -2.62. The van der Waals surface area contributed by atoms with Crippen molar-refractivity contribution in [2.45, 2.75) is 116 Å². The molecule has 0 bridgehead atoms. The number of fused-ring (bicyclic) bond motifs is 9. The number of hydrogen-bond donors (Lipinski definition) is 0. The van der Waals surface area contributed by atoms with Crippen LogP contribution in [0.4, 0.5) is 34.1 Å². The molecule has 4 aliphatic rings. The van der Waals surface area contributed by atoms with Crippen LogP contribution in [0.2, 0.25) is 0 Å². The third kappa shape index (κ3) is 6.47. The van der Waals surface area contributed by atoms with E-state index in [1.807, 2.05) is 0 Å². The largest absolute Gasteiger partial charge is 0.456 e. The molecule has 8 aromatic carbocycles. The topological polar surface area (TPSA) is 19.6 Å². The second-order valence-corrected chi connectivity index (χ2v) is 23.9. The molecule has 0 radical (unpaired) electrons. The molecule has 1 aromatic heterocycles. The van der Waals surface area contributed by atoms with Crippen molar-refractivity contribution in [1.29, 1.82) is 0 Å². The zero-order valence-electron chi connectivity index (χ0n) is 42.4. The van der Waals surface area contributed by atoms with E-state index in [9.17, 15) is 0 Å². The molecule has 13 rings (SSSR count). The number of aryl methyl sites for hydroxylation is 1. The van der Waals surface area contributed by atoms with Crippen LogP contribution in [0.5, 0.6) is 0 Å². The molecule has 0 fully saturated rings. The van der Waals surface area contributed by atoms with E-state index in [0.29, 0.717) is 0 Å². The van der Waals surface area contributed by atoms with E-state index in [-0.39, 0.29) is 34.3 Å². The van der Waals surface area contributed by atoms with Crippen LogP contribution < -0.4 is 26.2 Å². The summed E-state index contributed by atoms with van der Waals surface area (Å²) in [5, 5.41) is 2.26. The summed E-state index contributed by atoms with van der Waals surface area (Å²) in [7, 11) is 0. The van der Waals surface area contributed by atoms with Gasteiger partial charge in [0.2, 0.25) is 0 Å². The minimum absolute atomic E-state index is 0.00155. The van der Waals surface area contributed by atoms with Gasteiger partial charge >= 0.3 is 0 Å². The molecular weight excluding hydrogens is 848 g/mol. The van der Waals surface area contributed by atoms with Crippen LogP contribution in [0.3, 0.4) is 0 Å². The van der Waals surface area contributed by atoms with Gasteiger partial charge in [-0.15, -0.1) is 0 Å². The number of anilines is 6. The number of benzene rings is 8. The minimum atomic E-state index is 0.00155. The maximum atomic E-state index is 6.48. The van der Waals surface area contributed by atoms with E-state index in [1.165, 1.54) is 102 Å². The lowest BCUT2D eigenvalue weighted by Gasteiger charge is -2.48. The number of rotatable bonds is 5. The molecule has 3 heterocycles. The summed E-state index contributed by atoms with van der Waals surface area (Å²) in [4.78, 5) is 5.28. The first-order chi connectivity index (χ1) is 33.6. The van der Waals surface area contributed by atoms with Crippen molar-refractivity contribution in [2.24, 2.45) is 0 Å². The summed E-state index contributed by atoms with van der Waals surface area (Å²) < 4.78 is 6.48. The Balaban J connectivity index is 1.13. The summed E-state index contributed by atoms with van der Waals surface area (Å²) in [5.41, 5.74) is 24.7. The third-order valence-corrected chi connectivity index (χ3v) is 17.5. The van der Waals surface area contributed by atoms with E-state index < -0.39 is 0 Å². The van der Waals surface area contributed by atoms with Gasteiger partial charge in [-0.05, 0) is 176 Å². The average molecular weight is 911 g/mol. The van der Waals surface area contributed by atoms with Gasteiger partial charge in [0.25, 0.3) is 6.71 Å². The Morgan fingerprint density at radius 1 is 0.414 bits per heavy atom. The molecule has 0 amide bonds. The predicted octanol–water partition coefficient (Wildman–Crippen LogP) is 15.9. The van der Waals surface area contributed by atoms with Crippen LogP contribution in [-0.4, -0.2) is 6.71 Å². The molecule has 3 nitrogen and oxygen atoms in total. The first-order valence-electron chi connectivity index (χ1n) is 25.8. The summed E-state index contributed by atoms with van der Waals surface area (Å²) in [5.74, 6) is 0.0479. The van der Waals surface area contributed by atoms with Crippen molar-refractivity contribution in [2.75, 3.05) is 9.80 Å². The molecule has 9 aromatic rings. The highest BCUT2D eigenvalue weighted by molar-refractivity contribution is 7.00. The highest BCUT2D eigenvalue weighted by Crippen LogP contribution is 2.53. The van der Waals surface area contributed by atoms with Gasteiger partial charge in [-0.2, -0.15) is 0 Å². The van der Waals surface area contributed by atoms with Gasteiger partial charge in [0, 0.05) is 50.8 Å². The third-order valence-electron chi connectivity index (χ3n) is 17.5. The van der Waals surface area contributed by atoms with Crippen LogP contribution in [0.1, 0.15) is 131 Å². The van der Waals surface area contributed by atoms with Crippen molar-refractivity contribution in [3.63, 3.8) is 0 Å². The first-order valence-corrected chi connectivity index (χ1v) is 25.8. The summed E-state index contributed by atoms with van der Waals surface area (Å²) in [6.07, 6.45) is 4.69. The Labute approximate surface area is 415 Å². The zero-order valence-corrected chi connectivity index (χ0v) is 42.4. The molecule has 0 spiro atoms. The fraction of sp³-hybridized carbons (Fsp3) is 0.273. The normalized spacial score (nSPS) is 17.8. The van der Waals surface area contributed by atoms with Crippen LogP contribution in [-0.2, 0) is 21.7 Å². The highest BCUT2D eigenvalue weighted by atomic mass is 16.3. The van der Waals surface area contributed by atoms with E-state index in [4.69, 9.17) is 4.42 Å². The molecule has 346 valence electrons. The van der Waals surface area contributed by atoms with E-state index >= 15 is 0 Å². The fourth-order valence-electron chi connectivity index (χ4n) is 13.4. The SMILES string of the molecule is Cc1cc2c3c(c1)N(c1ccc4c(c1)C(C)(C)CCC4(C)C)c1cc4c(cc1B3c1ccc(C(c3ccccc3)c3ccccc3)cc1N2c1ccc2oc3ccccc3c2c1)C(C)(C)CCC4(C)C. The molecule has 0 saturated heterocycles. The monoisotopic (exact) mass is 911 g/mol. The zero-order chi connectivity index (χ0) is 48.1. The van der Waals surface area contributed by atoms with Gasteiger partial charge in [-0.1, -0.05) is 159 Å². The minimum Gasteiger partial charge on any atom is -0.456 e. The Morgan fingerprint density at radius 2 is 0.929 bits per heavy atom. The molecule has 0 N–H and O–H groups in total. The lowest BCUT2D eigenvalue weighted by atomic mass is 9.33. The van der Waals surface area contributed by atoms with Crippen molar-refractivity contribution in [1.82, 2.24) is 0 Å². The second kappa shape index (κ2) is 15.1. The summed E-state index contributed by atoms with van der Waals surface area (Å²) in [6, 6.07) is 62.7. The molecule has 0 atom stereocenters. The van der Waals surface area contributed by atoms with Gasteiger partial charge in [0.05, 0.1) is 0 Å². The fourth-order valence-corrected chi connectivity index (χ4v) is 13.4. The Bertz CT molecular complexity index is 3560. The number of para-hydroxylation sites is 1. The van der Waals surface area contributed by atoms with E-state index in [2.05, 4.69) is 236 Å². The van der Waals surface area contributed by atoms with Crippen molar-refractivity contribution in [3.8, 4) is 0 Å². The smallest absolute Gasteiger partial charge is 0.252 e. The summed E-state index contributed by atoms with van der Waals surface area (Å²) >= 11 is 0. The van der Waals surface area contributed by atoms with Gasteiger partial charge in [0.15, 0.2) is 0 Å². The van der Waals surface area contributed by atoms with Crippen LogP contribution >= 0.6 is 0 Å². The maximum absolute atomic E-state index is 6.48. The predicted molar refractivity (Wildman–Crippen MR) is 297 cm³/mol.